The molecule has 0 aliphatic carbocycles. The average Bonchev–Trinajstić information content (AvgIpc) is 2.91. The van der Waals surface area contributed by atoms with Crippen LogP contribution in [0, 0.1) is 0 Å². The molecule has 0 heterocycles. The van der Waals surface area contributed by atoms with Crippen LogP contribution in [0.1, 0.15) is 11.7 Å². The Kier molecular flexibility index (Phi) is 8.62. The Balaban J connectivity index is 1.64. The van der Waals surface area contributed by atoms with Crippen LogP contribution in [0.2, 0.25) is 0 Å². The van der Waals surface area contributed by atoms with Crippen molar-refractivity contribution >= 4 is 55.8 Å². The first kappa shape index (κ1) is 26.7. The molecule has 9 heteroatoms. The number of nitrogen functional groups attached to an aromatic ring is 1. The summed E-state index contributed by atoms with van der Waals surface area (Å²) in [5, 5.41) is 17.1. The summed E-state index contributed by atoms with van der Waals surface area (Å²) in [5.41, 5.74) is 7.95. The number of methoxy groups -OCH3 is 1. The number of rotatable bonds is 8. The summed E-state index contributed by atoms with van der Waals surface area (Å²) in [6, 6.07) is 24.3. The lowest BCUT2D eigenvalue weighted by Crippen LogP contribution is -2.27. The van der Waals surface area contributed by atoms with Gasteiger partial charge in [0.2, 0.25) is 5.91 Å². The van der Waals surface area contributed by atoms with Crippen LogP contribution >= 0.6 is 15.9 Å². The molecule has 4 rings (SSSR count). The van der Waals surface area contributed by atoms with Crippen molar-refractivity contribution in [1.29, 1.82) is 0 Å². The minimum absolute atomic E-state index is 0.0896. The average molecular weight is 576 g/mol. The maximum absolute atomic E-state index is 13.0. The van der Waals surface area contributed by atoms with Gasteiger partial charge in [-0.3, -0.25) is 10.1 Å². The molecule has 8 nitrogen and oxygen atoms in total. The lowest BCUT2D eigenvalue weighted by atomic mass is 9.96. The van der Waals surface area contributed by atoms with Gasteiger partial charge in [0.15, 0.2) is 6.10 Å². The predicted molar refractivity (Wildman–Crippen MR) is 152 cm³/mol. The van der Waals surface area contributed by atoms with Gasteiger partial charge in [0.1, 0.15) is 11.9 Å². The van der Waals surface area contributed by atoms with E-state index in [4.69, 9.17) is 15.2 Å². The molecule has 194 valence electrons. The molecule has 5 N–H and O–H groups in total. The van der Waals surface area contributed by atoms with E-state index >= 15 is 0 Å². The van der Waals surface area contributed by atoms with Crippen molar-refractivity contribution in [3.63, 3.8) is 0 Å². The quantitative estimate of drug-likeness (QED) is 0.142. The first-order valence-corrected chi connectivity index (χ1v) is 12.5. The normalized spacial score (nSPS) is 12.7. The summed E-state index contributed by atoms with van der Waals surface area (Å²) in [6.07, 6.45) is 0.274. The molecule has 0 aliphatic heterocycles. The van der Waals surface area contributed by atoms with Crippen LogP contribution in [0.25, 0.3) is 10.8 Å². The molecular formula is C29H26BrN3O5. The van der Waals surface area contributed by atoms with Crippen molar-refractivity contribution in [1.82, 2.24) is 0 Å². The van der Waals surface area contributed by atoms with E-state index in [1.165, 1.54) is 25.3 Å². The lowest BCUT2D eigenvalue weighted by Gasteiger charge is -2.26. The van der Waals surface area contributed by atoms with Crippen LogP contribution in [-0.2, 0) is 14.3 Å². The molecule has 2 atom stereocenters. The number of nitrogens with two attached hydrogens (primary N) is 1. The smallest absolute Gasteiger partial charge is 0.412 e. The molecule has 0 radical (unpaired) electrons. The molecular weight excluding hydrogens is 550 g/mol. The van der Waals surface area contributed by atoms with Crippen molar-refractivity contribution in [2.24, 2.45) is 0 Å². The number of para-hydroxylation sites is 2. The van der Waals surface area contributed by atoms with E-state index in [0.29, 0.717) is 33.4 Å². The Morgan fingerprint density at radius 3 is 2.32 bits per heavy atom. The fourth-order valence-electron chi connectivity index (χ4n) is 3.93. The van der Waals surface area contributed by atoms with Crippen LogP contribution < -0.4 is 16.4 Å². The van der Waals surface area contributed by atoms with Gasteiger partial charge in [-0.15, -0.1) is 0 Å². The number of hydrogen-bond acceptors (Lipinski definition) is 6. The zero-order chi connectivity index (χ0) is 27.1. The summed E-state index contributed by atoms with van der Waals surface area (Å²) in [5.74, 6) is -0.342. The van der Waals surface area contributed by atoms with Gasteiger partial charge < -0.3 is 25.6 Å². The fraction of sp³-hybridized carbons (Fsp3) is 0.103. The topological polar surface area (TPSA) is 123 Å². The summed E-state index contributed by atoms with van der Waals surface area (Å²) < 4.78 is 12.4. The van der Waals surface area contributed by atoms with Gasteiger partial charge in [0.25, 0.3) is 0 Å². The zero-order valence-electron chi connectivity index (χ0n) is 20.4. The molecule has 0 aromatic heterocycles. The minimum Gasteiger partial charge on any atom is -0.507 e. The van der Waals surface area contributed by atoms with Crippen LogP contribution in [0.5, 0.6) is 5.75 Å². The number of anilines is 3. The van der Waals surface area contributed by atoms with Crippen molar-refractivity contribution < 1.29 is 24.2 Å². The van der Waals surface area contributed by atoms with E-state index in [1.54, 1.807) is 66.7 Å². The van der Waals surface area contributed by atoms with E-state index < -0.39 is 24.2 Å². The van der Waals surface area contributed by atoms with Crippen LogP contribution in [0.15, 0.2) is 102 Å². The standard InChI is InChI=1S/C29H26BrN3O5/c1-37-26(16-17-27(35)33-24-9-5-4-8-23(24)31)28(38-29(36)32-19-12-10-18(30)11-13-19)22-14-15-25(34)21-7-3-2-6-20(21)22/h2-17,26,28,34H,31H2,1H3,(H,32,36)(H,33,35)/b17-16+/t26-,28-/m0/s1. The van der Waals surface area contributed by atoms with Gasteiger partial charge in [0.05, 0.1) is 11.4 Å². The number of carbonyl (C=O) groups excluding carboxylic acids is 2. The van der Waals surface area contributed by atoms with Gasteiger partial charge in [0, 0.05) is 34.3 Å². The lowest BCUT2D eigenvalue weighted by molar-refractivity contribution is -0.112. The van der Waals surface area contributed by atoms with Gasteiger partial charge in [-0.2, -0.15) is 0 Å². The molecule has 0 aliphatic rings. The fourth-order valence-corrected chi connectivity index (χ4v) is 4.19. The number of carbonyl (C=O) groups is 2. The van der Waals surface area contributed by atoms with Gasteiger partial charge in [-0.1, -0.05) is 58.4 Å². The van der Waals surface area contributed by atoms with Gasteiger partial charge in [-0.25, -0.2) is 4.79 Å². The number of phenols is 1. The number of phenolic OH excluding ortho intramolecular Hbond substituents is 1. The second kappa shape index (κ2) is 12.3. The zero-order valence-corrected chi connectivity index (χ0v) is 22.0. The highest BCUT2D eigenvalue weighted by atomic mass is 79.9. The Morgan fingerprint density at radius 2 is 1.61 bits per heavy atom. The molecule has 0 saturated carbocycles. The highest BCUT2D eigenvalue weighted by Gasteiger charge is 2.28. The maximum atomic E-state index is 13.0. The highest BCUT2D eigenvalue weighted by Crippen LogP contribution is 2.35. The van der Waals surface area contributed by atoms with Crippen molar-refractivity contribution in [3.8, 4) is 5.75 Å². The van der Waals surface area contributed by atoms with Crippen molar-refractivity contribution in [2.45, 2.75) is 12.2 Å². The summed E-state index contributed by atoms with van der Waals surface area (Å²) in [7, 11) is 1.45. The molecule has 0 bridgehead atoms. The van der Waals surface area contributed by atoms with Gasteiger partial charge >= 0.3 is 6.09 Å². The second-order valence-electron chi connectivity index (χ2n) is 8.31. The van der Waals surface area contributed by atoms with E-state index in [0.717, 1.165) is 4.47 Å². The number of halogens is 1. The molecule has 0 unspecified atom stereocenters. The van der Waals surface area contributed by atoms with E-state index in [1.807, 2.05) is 12.1 Å². The third kappa shape index (κ3) is 6.50. The van der Waals surface area contributed by atoms with E-state index in [9.17, 15) is 14.7 Å². The van der Waals surface area contributed by atoms with Crippen molar-refractivity contribution in [3.05, 3.63) is 107 Å². The monoisotopic (exact) mass is 575 g/mol. The summed E-state index contributed by atoms with van der Waals surface area (Å²) in [4.78, 5) is 25.6. The second-order valence-corrected chi connectivity index (χ2v) is 9.23. The molecule has 2 amide bonds. The van der Waals surface area contributed by atoms with Crippen LogP contribution in [-0.4, -0.2) is 30.3 Å². The summed E-state index contributed by atoms with van der Waals surface area (Å²) in [6.45, 7) is 0. The molecule has 0 spiro atoms. The van der Waals surface area contributed by atoms with E-state index in [-0.39, 0.29) is 5.75 Å². The van der Waals surface area contributed by atoms with E-state index in [2.05, 4.69) is 26.6 Å². The number of amides is 2. The molecule has 4 aromatic carbocycles. The highest BCUT2D eigenvalue weighted by molar-refractivity contribution is 9.10. The minimum atomic E-state index is -0.966. The van der Waals surface area contributed by atoms with Gasteiger partial charge in [-0.05, 0) is 53.9 Å². The number of nitrogens with one attached hydrogen (secondary N) is 2. The molecule has 0 fully saturated rings. The molecule has 0 saturated heterocycles. The Morgan fingerprint density at radius 1 is 0.921 bits per heavy atom. The Bertz CT molecular complexity index is 1470. The number of hydrogen-bond donors (Lipinski definition) is 4. The Hall–Kier alpha value is -4.34. The third-order valence-electron chi connectivity index (χ3n) is 5.79. The molecule has 4 aromatic rings. The number of fused-ring (bicyclic) bond motifs is 1. The number of ether oxygens (including phenoxy) is 2. The number of benzene rings is 4. The Labute approximate surface area is 228 Å². The van der Waals surface area contributed by atoms with Crippen LogP contribution in [0.4, 0.5) is 21.9 Å². The third-order valence-corrected chi connectivity index (χ3v) is 6.32. The molecule has 38 heavy (non-hydrogen) atoms. The SMILES string of the molecule is CO[C@@H](/C=C/C(=O)Nc1ccccc1N)[C@@H](OC(=O)Nc1ccc(Br)cc1)c1ccc(O)c2ccccc12. The van der Waals surface area contributed by atoms with Crippen molar-refractivity contribution in [2.75, 3.05) is 23.5 Å². The largest absolute Gasteiger partial charge is 0.507 e. The first-order valence-electron chi connectivity index (χ1n) is 11.7. The first-order chi connectivity index (χ1) is 18.4. The predicted octanol–water partition coefficient (Wildman–Crippen LogP) is 6.39. The maximum Gasteiger partial charge on any atom is 0.412 e. The van der Waals surface area contributed by atoms with Crippen LogP contribution in [0.3, 0.4) is 0 Å². The summed E-state index contributed by atoms with van der Waals surface area (Å²) >= 11 is 3.37. The number of aromatic hydroxyl groups is 1.